The van der Waals surface area contributed by atoms with Gasteiger partial charge in [-0.2, -0.15) is 0 Å². The first-order valence-electron chi connectivity index (χ1n) is 6.93. The van der Waals surface area contributed by atoms with Crippen LogP contribution in [0.2, 0.25) is 0 Å². The average Bonchev–Trinajstić information content (AvgIpc) is 2.36. The molecule has 0 spiro atoms. The lowest BCUT2D eigenvalue weighted by Gasteiger charge is -2.39. The van der Waals surface area contributed by atoms with Crippen molar-refractivity contribution in [2.45, 2.75) is 39.7 Å². The number of benzene rings is 1. The standard InChI is InChI=1S/C16H23NO2/c1-12-5-6-14(9-13(12)2)10-17-11-16(7-4-8-16)15(18)19-3/h5-6,9,17H,4,7-8,10-11H2,1-3H3. The summed E-state index contributed by atoms with van der Waals surface area (Å²) in [6.07, 6.45) is 3.01. The second-order valence-electron chi connectivity index (χ2n) is 5.65. The van der Waals surface area contributed by atoms with E-state index in [2.05, 4.69) is 37.4 Å². The van der Waals surface area contributed by atoms with E-state index in [-0.39, 0.29) is 11.4 Å². The van der Waals surface area contributed by atoms with E-state index in [0.29, 0.717) is 6.54 Å². The normalized spacial score (nSPS) is 16.8. The largest absolute Gasteiger partial charge is 0.469 e. The van der Waals surface area contributed by atoms with Gasteiger partial charge in [-0.1, -0.05) is 24.6 Å². The van der Waals surface area contributed by atoms with Crippen LogP contribution in [0, 0.1) is 19.3 Å². The van der Waals surface area contributed by atoms with E-state index in [4.69, 9.17) is 4.74 Å². The fourth-order valence-corrected chi connectivity index (χ4v) is 2.63. The molecule has 19 heavy (non-hydrogen) atoms. The zero-order valence-electron chi connectivity index (χ0n) is 12.1. The molecular formula is C16H23NO2. The summed E-state index contributed by atoms with van der Waals surface area (Å²) in [6, 6.07) is 6.49. The van der Waals surface area contributed by atoms with Gasteiger partial charge in [0.05, 0.1) is 12.5 Å². The Hall–Kier alpha value is -1.35. The summed E-state index contributed by atoms with van der Waals surface area (Å²) >= 11 is 0. The number of aryl methyl sites for hydroxylation is 2. The lowest BCUT2D eigenvalue weighted by Crippen LogP contribution is -2.46. The van der Waals surface area contributed by atoms with E-state index in [0.717, 1.165) is 25.8 Å². The van der Waals surface area contributed by atoms with E-state index in [1.807, 2.05) is 0 Å². The fraction of sp³-hybridized carbons (Fsp3) is 0.562. The van der Waals surface area contributed by atoms with Crippen LogP contribution in [0.1, 0.15) is 36.0 Å². The molecule has 3 heteroatoms. The Labute approximate surface area is 115 Å². The van der Waals surface area contributed by atoms with E-state index in [9.17, 15) is 4.79 Å². The highest BCUT2D eigenvalue weighted by Gasteiger charge is 2.44. The Morgan fingerprint density at radius 3 is 2.58 bits per heavy atom. The van der Waals surface area contributed by atoms with Crippen molar-refractivity contribution in [3.63, 3.8) is 0 Å². The van der Waals surface area contributed by atoms with Crippen molar-refractivity contribution >= 4 is 5.97 Å². The van der Waals surface area contributed by atoms with Crippen LogP contribution in [0.4, 0.5) is 0 Å². The predicted molar refractivity (Wildman–Crippen MR) is 75.9 cm³/mol. The van der Waals surface area contributed by atoms with Gasteiger partial charge in [0.2, 0.25) is 0 Å². The van der Waals surface area contributed by atoms with Gasteiger partial charge >= 0.3 is 5.97 Å². The second kappa shape index (κ2) is 5.74. The number of esters is 1. The lowest BCUT2D eigenvalue weighted by atomic mass is 9.68. The van der Waals surface area contributed by atoms with Gasteiger partial charge in [0.1, 0.15) is 0 Å². The molecule has 1 fully saturated rings. The molecule has 104 valence electrons. The third kappa shape index (κ3) is 2.98. The Kier molecular flexibility index (Phi) is 4.25. The second-order valence-corrected chi connectivity index (χ2v) is 5.65. The molecule has 0 heterocycles. The van der Waals surface area contributed by atoms with Crippen molar-refractivity contribution in [2.24, 2.45) is 5.41 Å². The smallest absolute Gasteiger partial charge is 0.313 e. The maximum absolute atomic E-state index is 11.8. The van der Waals surface area contributed by atoms with Crippen molar-refractivity contribution < 1.29 is 9.53 Å². The highest BCUT2D eigenvalue weighted by atomic mass is 16.5. The van der Waals surface area contributed by atoms with Gasteiger partial charge in [0.25, 0.3) is 0 Å². The Morgan fingerprint density at radius 1 is 1.32 bits per heavy atom. The SMILES string of the molecule is COC(=O)C1(CNCc2ccc(C)c(C)c2)CCC1. The molecule has 0 radical (unpaired) electrons. The van der Waals surface area contributed by atoms with Crippen molar-refractivity contribution in [3.8, 4) is 0 Å². The molecule has 0 bridgehead atoms. The molecule has 0 aromatic heterocycles. The number of hydrogen-bond acceptors (Lipinski definition) is 3. The van der Waals surface area contributed by atoms with Crippen LogP contribution < -0.4 is 5.32 Å². The first-order chi connectivity index (χ1) is 9.07. The number of nitrogens with one attached hydrogen (secondary N) is 1. The molecule has 0 amide bonds. The van der Waals surface area contributed by atoms with Crippen LogP contribution in [-0.2, 0) is 16.1 Å². The number of hydrogen-bond donors (Lipinski definition) is 1. The summed E-state index contributed by atoms with van der Waals surface area (Å²) in [5.41, 5.74) is 3.62. The number of ether oxygens (including phenoxy) is 1. The maximum Gasteiger partial charge on any atom is 0.313 e. The summed E-state index contributed by atoms with van der Waals surface area (Å²) in [5.74, 6) is -0.0636. The monoisotopic (exact) mass is 261 g/mol. The highest BCUT2D eigenvalue weighted by molar-refractivity contribution is 5.78. The van der Waals surface area contributed by atoms with Crippen molar-refractivity contribution in [3.05, 3.63) is 34.9 Å². The average molecular weight is 261 g/mol. The fourth-order valence-electron chi connectivity index (χ4n) is 2.63. The van der Waals surface area contributed by atoms with Crippen molar-refractivity contribution in [1.82, 2.24) is 5.32 Å². The topological polar surface area (TPSA) is 38.3 Å². The first kappa shape index (κ1) is 14.1. The number of rotatable bonds is 5. The third-order valence-electron chi connectivity index (χ3n) is 4.29. The zero-order valence-corrected chi connectivity index (χ0v) is 12.1. The zero-order chi connectivity index (χ0) is 13.9. The molecule has 1 aromatic carbocycles. The molecule has 1 saturated carbocycles. The lowest BCUT2D eigenvalue weighted by molar-refractivity contribution is -0.158. The molecular weight excluding hydrogens is 238 g/mol. The van der Waals surface area contributed by atoms with Gasteiger partial charge in [0.15, 0.2) is 0 Å². The minimum Gasteiger partial charge on any atom is -0.469 e. The summed E-state index contributed by atoms with van der Waals surface area (Å²) in [4.78, 5) is 11.8. The summed E-state index contributed by atoms with van der Waals surface area (Å²) in [6.45, 7) is 5.76. The van der Waals surface area contributed by atoms with Crippen molar-refractivity contribution in [1.29, 1.82) is 0 Å². The molecule has 1 aromatic rings. The summed E-state index contributed by atoms with van der Waals surface area (Å²) < 4.78 is 4.92. The Bertz CT molecular complexity index is 464. The minimum absolute atomic E-state index is 0.0636. The summed E-state index contributed by atoms with van der Waals surface area (Å²) in [5, 5.41) is 3.41. The Morgan fingerprint density at radius 2 is 2.05 bits per heavy atom. The van der Waals surface area contributed by atoms with Gasteiger partial charge in [-0.05, 0) is 43.4 Å². The quantitative estimate of drug-likeness (QED) is 0.828. The van der Waals surface area contributed by atoms with Gasteiger partial charge in [-0.15, -0.1) is 0 Å². The maximum atomic E-state index is 11.8. The predicted octanol–water partition coefficient (Wildman–Crippen LogP) is 2.74. The van der Waals surface area contributed by atoms with E-state index in [1.165, 1.54) is 23.8 Å². The van der Waals surface area contributed by atoms with E-state index < -0.39 is 0 Å². The van der Waals surface area contributed by atoms with Crippen molar-refractivity contribution in [2.75, 3.05) is 13.7 Å². The molecule has 0 atom stereocenters. The van der Waals surface area contributed by atoms with Crippen LogP contribution >= 0.6 is 0 Å². The molecule has 2 rings (SSSR count). The molecule has 1 aliphatic carbocycles. The minimum atomic E-state index is -0.269. The van der Waals surface area contributed by atoms with Crippen LogP contribution in [0.5, 0.6) is 0 Å². The Balaban J connectivity index is 1.89. The molecule has 1 N–H and O–H groups in total. The molecule has 3 nitrogen and oxygen atoms in total. The first-order valence-corrected chi connectivity index (χ1v) is 6.93. The molecule has 0 aliphatic heterocycles. The van der Waals surface area contributed by atoms with Gasteiger partial charge < -0.3 is 10.1 Å². The van der Waals surface area contributed by atoms with Crippen LogP contribution in [0.25, 0.3) is 0 Å². The number of methoxy groups -OCH3 is 1. The summed E-state index contributed by atoms with van der Waals surface area (Å²) in [7, 11) is 1.48. The molecule has 0 unspecified atom stereocenters. The van der Waals surface area contributed by atoms with E-state index >= 15 is 0 Å². The molecule has 0 saturated heterocycles. The van der Waals surface area contributed by atoms with Crippen LogP contribution in [0.15, 0.2) is 18.2 Å². The number of carbonyl (C=O) groups excluding carboxylic acids is 1. The third-order valence-corrected chi connectivity index (χ3v) is 4.29. The van der Waals surface area contributed by atoms with E-state index in [1.54, 1.807) is 0 Å². The van der Waals surface area contributed by atoms with Crippen LogP contribution in [-0.4, -0.2) is 19.6 Å². The van der Waals surface area contributed by atoms with Gasteiger partial charge in [-0.25, -0.2) is 0 Å². The van der Waals surface area contributed by atoms with Crippen LogP contribution in [0.3, 0.4) is 0 Å². The van der Waals surface area contributed by atoms with Gasteiger partial charge in [-0.3, -0.25) is 4.79 Å². The molecule has 1 aliphatic rings. The van der Waals surface area contributed by atoms with Gasteiger partial charge in [0, 0.05) is 13.1 Å². The highest BCUT2D eigenvalue weighted by Crippen LogP contribution is 2.41. The number of carbonyl (C=O) groups is 1.